The lowest BCUT2D eigenvalue weighted by molar-refractivity contribution is -0.119. The van der Waals surface area contributed by atoms with Crippen molar-refractivity contribution in [2.24, 2.45) is 5.10 Å². The standard InChI is InChI=1S/C18H20BrN3O5S/c1-26-15-8-9-17(27-2)16(10-15)22(28(3,24)25)12-18(23)21-20-11-13-4-6-14(19)7-5-13/h4-11H,12H2,1-3H3,(H,21,23)/b20-11-. The zero-order chi connectivity index (χ0) is 20.7. The highest BCUT2D eigenvalue weighted by Gasteiger charge is 2.24. The summed E-state index contributed by atoms with van der Waals surface area (Å²) < 4.78 is 36.8. The minimum Gasteiger partial charge on any atom is -0.497 e. The number of hydrogen-bond donors (Lipinski definition) is 1. The van der Waals surface area contributed by atoms with Crippen LogP contribution in [0.15, 0.2) is 52.0 Å². The molecule has 0 spiro atoms. The number of halogens is 1. The molecule has 0 aromatic heterocycles. The van der Waals surface area contributed by atoms with Gasteiger partial charge in [0.15, 0.2) is 0 Å². The van der Waals surface area contributed by atoms with Crippen molar-refractivity contribution in [3.05, 3.63) is 52.5 Å². The van der Waals surface area contributed by atoms with Crippen LogP contribution in [0, 0.1) is 0 Å². The molecule has 0 heterocycles. The van der Waals surface area contributed by atoms with Crippen molar-refractivity contribution in [3.8, 4) is 11.5 Å². The van der Waals surface area contributed by atoms with Crippen molar-refractivity contribution >= 4 is 43.8 Å². The average molecular weight is 470 g/mol. The Labute approximate surface area is 172 Å². The van der Waals surface area contributed by atoms with E-state index in [1.54, 1.807) is 12.1 Å². The van der Waals surface area contributed by atoms with Crippen LogP contribution in [0.1, 0.15) is 5.56 Å². The van der Waals surface area contributed by atoms with E-state index in [1.165, 1.54) is 26.5 Å². The number of hydrogen-bond acceptors (Lipinski definition) is 6. The number of carbonyl (C=O) groups is 1. The minimum atomic E-state index is -3.77. The molecule has 150 valence electrons. The predicted octanol–water partition coefficient (Wildman–Crippen LogP) is 2.38. The van der Waals surface area contributed by atoms with Gasteiger partial charge in [-0.05, 0) is 29.8 Å². The number of ether oxygens (including phenoxy) is 2. The Hall–Kier alpha value is -2.59. The maximum atomic E-state index is 12.3. The lowest BCUT2D eigenvalue weighted by atomic mass is 10.2. The summed E-state index contributed by atoms with van der Waals surface area (Å²) in [6.07, 6.45) is 2.46. The Morgan fingerprint density at radius 1 is 1.18 bits per heavy atom. The summed E-state index contributed by atoms with van der Waals surface area (Å²) in [6, 6.07) is 12.0. The second-order valence-corrected chi connectivity index (χ2v) is 8.47. The first-order valence-electron chi connectivity index (χ1n) is 8.02. The molecule has 28 heavy (non-hydrogen) atoms. The molecule has 0 saturated carbocycles. The molecule has 0 saturated heterocycles. The van der Waals surface area contributed by atoms with Crippen LogP contribution in [0.3, 0.4) is 0 Å². The molecule has 1 amide bonds. The number of hydrazone groups is 1. The number of benzene rings is 2. The van der Waals surface area contributed by atoms with Crippen molar-refractivity contribution in [2.75, 3.05) is 31.3 Å². The van der Waals surface area contributed by atoms with Crippen LogP contribution in [0.2, 0.25) is 0 Å². The highest BCUT2D eigenvalue weighted by atomic mass is 79.9. The van der Waals surface area contributed by atoms with Gasteiger partial charge in [-0.15, -0.1) is 0 Å². The minimum absolute atomic E-state index is 0.191. The van der Waals surface area contributed by atoms with Gasteiger partial charge in [-0.3, -0.25) is 9.10 Å². The van der Waals surface area contributed by atoms with Crippen molar-refractivity contribution in [1.29, 1.82) is 0 Å². The largest absolute Gasteiger partial charge is 0.497 e. The number of anilines is 1. The van der Waals surface area contributed by atoms with Gasteiger partial charge in [-0.25, -0.2) is 13.8 Å². The number of sulfonamides is 1. The first-order valence-corrected chi connectivity index (χ1v) is 10.7. The van der Waals surface area contributed by atoms with Crippen molar-refractivity contribution < 1.29 is 22.7 Å². The van der Waals surface area contributed by atoms with Gasteiger partial charge < -0.3 is 9.47 Å². The first-order chi connectivity index (χ1) is 13.2. The molecule has 0 aliphatic rings. The zero-order valence-electron chi connectivity index (χ0n) is 15.5. The average Bonchev–Trinajstić information content (AvgIpc) is 2.66. The summed E-state index contributed by atoms with van der Waals surface area (Å²) in [7, 11) is -0.903. The monoisotopic (exact) mass is 469 g/mol. The molecule has 10 heteroatoms. The van der Waals surface area contributed by atoms with E-state index in [0.717, 1.165) is 20.6 Å². The van der Waals surface area contributed by atoms with E-state index in [0.29, 0.717) is 5.75 Å². The second-order valence-electron chi connectivity index (χ2n) is 5.65. The lowest BCUT2D eigenvalue weighted by Crippen LogP contribution is -2.39. The quantitative estimate of drug-likeness (QED) is 0.472. The number of nitrogens with zero attached hydrogens (tertiary/aromatic N) is 2. The lowest BCUT2D eigenvalue weighted by Gasteiger charge is -2.23. The van der Waals surface area contributed by atoms with Crippen molar-refractivity contribution in [1.82, 2.24) is 5.43 Å². The van der Waals surface area contributed by atoms with E-state index in [1.807, 2.05) is 24.3 Å². The molecule has 0 aliphatic carbocycles. The first kappa shape index (κ1) is 21.7. The highest BCUT2D eigenvalue weighted by molar-refractivity contribution is 9.10. The number of amides is 1. The van der Waals surface area contributed by atoms with Gasteiger partial charge >= 0.3 is 0 Å². The molecule has 2 rings (SSSR count). The maximum Gasteiger partial charge on any atom is 0.260 e. The summed E-state index contributed by atoms with van der Waals surface area (Å²) in [5.41, 5.74) is 3.29. The third-order valence-corrected chi connectivity index (χ3v) is 5.27. The molecule has 0 unspecified atom stereocenters. The summed E-state index contributed by atoms with van der Waals surface area (Å²) in [4.78, 5) is 12.3. The normalized spacial score (nSPS) is 11.3. The fourth-order valence-electron chi connectivity index (χ4n) is 2.27. The van der Waals surface area contributed by atoms with Crippen LogP contribution in [0.5, 0.6) is 11.5 Å². The number of rotatable bonds is 8. The van der Waals surface area contributed by atoms with Crippen molar-refractivity contribution in [3.63, 3.8) is 0 Å². The molecule has 0 bridgehead atoms. The summed E-state index contributed by atoms with van der Waals surface area (Å²) in [6.45, 7) is -0.472. The van der Waals surface area contributed by atoms with E-state index >= 15 is 0 Å². The molecule has 0 fully saturated rings. The van der Waals surface area contributed by atoms with Crippen LogP contribution >= 0.6 is 15.9 Å². The van der Waals surface area contributed by atoms with Crippen LogP contribution < -0.4 is 19.2 Å². The number of methoxy groups -OCH3 is 2. The predicted molar refractivity (Wildman–Crippen MR) is 112 cm³/mol. The van der Waals surface area contributed by atoms with Gasteiger partial charge in [0.2, 0.25) is 10.0 Å². The molecule has 2 aromatic carbocycles. The summed E-state index contributed by atoms with van der Waals surface area (Å²) >= 11 is 3.33. The third-order valence-electron chi connectivity index (χ3n) is 3.62. The van der Waals surface area contributed by atoms with Crippen LogP contribution in [0.25, 0.3) is 0 Å². The summed E-state index contributed by atoms with van der Waals surface area (Å²) in [5.74, 6) is 0.110. The van der Waals surface area contributed by atoms with Crippen molar-refractivity contribution in [2.45, 2.75) is 0 Å². The van der Waals surface area contributed by atoms with E-state index in [2.05, 4.69) is 26.5 Å². The number of nitrogens with one attached hydrogen (secondary N) is 1. The van der Waals surface area contributed by atoms with Gasteiger partial charge in [0.1, 0.15) is 18.0 Å². The molecule has 0 aliphatic heterocycles. The van der Waals surface area contributed by atoms with Gasteiger partial charge in [0.05, 0.1) is 32.4 Å². The Bertz CT molecular complexity index is 962. The Morgan fingerprint density at radius 2 is 1.86 bits per heavy atom. The molecule has 1 N–H and O–H groups in total. The Kier molecular flexibility index (Phi) is 7.41. The fraction of sp³-hybridized carbons (Fsp3) is 0.222. The number of carbonyl (C=O) groups excluding carboxylic acids is 1. The Morgan fingerprint density at radius 3 is 2.43 bits per heavy atom. The SMILES string of the molecule is COc1ccc(OC)c(N(CC(=O)N/N=C\c2ccc(Br)cc2)S(C)(=O)=O)c1. The van der Waals surface area contributed by atoms with Gasteiger partial charge in [0.25, 0.3) is 5.91 Å². The van der Waals surface area contributed by atoms with Crippen LogP contribution in [-0.4, -0.2) is 47.6 Å². The molecular weight excluding hydrogens is 450 g/mol. The molecule has 2 aromatic rings. The van der Waals surface area contributed by atoms with E-state index < -0.39 is 22.5 Å². The molecule has 8 nitrogen and oxygen atoms in total. The molecular formula is C18H20BrN3O5S. The van der Waals surface area contributed by atoms with Crippen LogP contribution in [0.4, 0.5) is 5.69 Å². The van der Waals surface area contributed by atoms with E-state index in [-0.39, 0.29) is 11.4 Å². The smallest absolute Gasteiger partial charge is 0.260 e. The fourth-order valence-corrected chi connectivity index (χ4v) is 3.38. The third kappa shape index (κ3) is 5.96. The van der Waals surface area contributed by atoms with E-state index in [4.69, 9.17) is 9.47 Å². The molecule has 0 atom stereocenters. The Balaban J connectivity index is 2.19. The van der Waals surface area contributed by atoms with Gasteiger partial charge in [-0.1, -0.05) is 28.1 Å². The highest BCUT2D eigenvalue weighted by Crippen LogP contribution is 2.33. The van der Waals surface area contributed by atoms with Gasteiger partial charge in [-0.2, -0.15) is 5.10 Å². The second kappa shape index (κ2) is 9.56. The molecule has 0 radical (unpaired) electrons. The van der Waals surface area contributed by atoms with Gasteiger partial charge in [0, 0.05) is 10.5 Å². The van der Waals surface area contributed by atoms with Crippen LogP contribution in [-0.2, 0) is 14.8 Å². The summed E-state index contributed by atoms with van der Waals surface area (Å²) in [5, 5.41) is 3.86. The zero-order valence-corrected chi connectivity index (χ0v) is 18.0. The maximum absolute atomic E-state index is 12.3. The topological polar surface area (TPSA) is 97.3 Å². The van der Waals surface area contributed by atoms with E-state index in [9.17, 15) is 13.2 Å².